The van der Waals surface area contributed by atoms with Crippen molar-refractivity contribution in [3.8, 4) is 0 Å². The van der Waals surface area contributed by atoms with Crippen molar-refractivity contribution in [2.75, 3.05) is 0 Å². The second-order valence-electron chi connectivity index (χ2n) is 5.62. The summed E-state index contributed by atoms with van der Waals surface area (Å²) in [4.78, 5) is 0. The van der Waals surface area contributed by atoms with Crippen LogP contribution in [0.15, 0.2) is 0 Å². The van der Waals surface area contributed by atoms with Crippen LogP contribution in [0.3, 0.4) is 0 Å². The normalized spacial score (nSPS) is 14.8. The lowest BCUT2D eigenvalue weighted by atomic mass is 9.89. The van der Waals surface area contributed by atoms with Gasteiger partial charge in [-0.15, -0.1) is 0 Å². The summed E-state index contributed by atoms with van der Waals surface area (Å²) in [5, 5.41) is 18.0. The van der Waals surface area contributed by atoms with Gasteiger partial charge >= 0.3 is 24.2 Å². The highest BCUT2D eigenvalue weighted by Crippen LogP contribution is 2.47. The van der Waals surface area contributed by atoms with Crippen molar-refractivity contribution in [3.63, 3.8) is 0 Å². The van der Waals surface area contributed by atoms with Crippen molar-refractivity contribution in [1.29, 1.82) is 0 Å². The highest BCUT2D eigenvalue weighted by Gasteiger charge is 2.69. The van der Waals surface area contributed by atoms with Crippen LogP contribution in [0.4, 0.5) is 43.9 Å². The summed E-state index contributed by atoms with van der Waals surface area (Å²) in [7, 11) is 0. The molecule has 0 aliphatic rings. The fourth-order valence-electron chi connectivity index (χ4n) is 1.92. The molecule has 0 amide bonds. The summed E-state index contributed by atoms with van der Waals surface area (Å²) in [5.41, 5.74) is -5.99. The minimum atomic E-state index is -5.70. The fourth-order valence-corrected chi connectivity index (χ4v) is 1.92. The standard InChI is InChI=1S/2C7H11F5O/c2*1-3-5(13,4-2)6(8,9)7(10,11)12/h2*13H,3-4H2,1-2H3. The monoisotopic (exact) mass is 412 g/mol. The van der Waals surface area contributed by atoms with Crippen LogP contribution in [-0.4, -0.2) is 45.6 Å². The van der Waals surface area contributed by atoms with E-state index in [-0.39, 0.29) is 0 Å². The van der Waals surface area contributed by atoms with Crippen LogP contribution >= 0.6 is 0 Å². The maximum Gasteiger partial charge on any atom is 0.456 e. The molecule has 0 unspecified atom stereocenters. The Kier molecular flexibility index (Phi) is 8.96. The molecule has 0 radical (unpaired) electrons. The van der Waals surface area contributed by atoms with Gasteiger partial charge in [0.15, 0.2) is 0 Å². The molecule has 0 aliphatic carbocycles. The first-order valence-corrected chi connectivity index (χ1v) is 7.58. The van der Waals surface area contributed by atoms with Crippen LogP contribution in [0, 0.1) is 0 Å². The van der Waals surface area contributed by atoms with Gasteiger partial charge in [0.2, 0.25) is 0 Å². The maximum absolute atomic E-state index is 12.6. The number of halogens is 10. The second kappa shape index (κ2) is 8.49. The molecule has 0 atom stereocenters. The van der Waals surface area contributed by atoms with Crippen molar-refractivity contribution >= 4 is 0 Å². The van der Waals surface area contributed by atoms with E-state index in [4.69, 9.17) is 10.2 Å². The van der Waals surface area contributed by atoms with E-state index in [0.29, 0.717) is 0 Å². The number of rotatable bonds is 6. The summed E-state index contributed by atoms with van der Waals surface area (Å²) in [6.45, 7) is 4.35. The van der Waals surface area contributed by atoms with Crippen LogP contribution in [-0.2, 0) is 0 Å². The molecule has 0 rings (SSSR count). The molecule has 0 fully saturated rings. The zero-order valence-electron chi connectivity index (χ0n) is 14.5. The summed E-state index contributed by atoms with van der Waals surface area (Å²) < 4.78 is 121. The van der Waals surface area contributed by atoms with E-state index in [0.717, 1.165) is 27.7 Å². The van der Waals surface area contributed by atoms with Crippen LogP contribution in [0.25, 0.3) is 0 Å². The summed E-state index contributed by atoms with van der Waals surface area (Å²) >= 11 is 0. The third-order valence-electron chi connectivity index (χ3n) is 4.22. The first kappa shape index (κ1) is 27.4. The largest absolute Gasteiger partial charge is 0.456 e. The van der Waals surface area contributed by atoms with Crippen molar-refractivity contribution in [2.45, 2.75) is 88.8 Å². The SMILES string of the molecule is CCC(O)(CC)C(F)(F)C(F)(F)F.CCC(O)(CC)C(F)(F)C(F)(F)F. The van der Waals surface area contributed by atoms with Crippen LogP contribution in [0.2, 0.25) is 0 Å². The zero-order valence-corrected chi connectivity index (χ0v) is 14.5. The lowest BCUT2D eigenvalue weighted by Crippen LogP contribution is -2.56. The molecular formula is C14H22F10O2. The van der Waals surface area contributed by atoms with Gasteiger partial charge in [-0.3, -0.25) is 0 Å². The minimum absolute atomic E-state index is 0.643. The Morgan fingerprint density at radius 2 is 0.615 bits per heavy atom. The number of alkyl halides is 10. The van der Waals surface area contributed by atoms with Crippen molar-refractivity contribution in [3.05, 3.63) is 0 Å². The molecule has 26 heavy (non-hydrogen) atoms. The Morgan fingerprint density at radius 1 is 0.462 bits per heavy atom. The van der Waals surface area contributed by atoms with Crippen molar-refractivity contribution in [1.82, 2.24) is 0 Å². The zero-order chi connectivity index (χ0) is 21.8. The third kappa shape index (κ3) is 5.14. The molecule has 0 heterocycles. The van der Waals surface area contributed by atoms with Gasteiger partial charge in [0.1, 0.15) is 11.2 Å². The minimum Gasteiger partial charge on any atom is -0.383 e. The average Bonchev–Trinajstić information content (AvgIpc) is 2.51. The molecule has 12 heteroatoms. The highest BCUT2D eigenvalue weighted by molar-refractivity contribution is 4.96. The van der Waals surface area contributed by atoms with Gasteiger partial charge in [-0.1, -0.05) is 27.7 Å². The molecule has 0 aromatic carbocycles. The molecule has 0 spiro atoms. The van der Waals surface area contributed by atoms with E-state index in [9.17, 15) is 43.9 Å². The van der Waals surface area contributed by atoms with Gasteiger partial charge in [-0.25, -0.2) is 0 Å². The summed E-state index contributed by atoms with van der Waals surface area (Å²) in [6.07, 6.45) is -14.0. The Labute approximate surface area is 144 Å². The van der Waals surface area contributed by atoms with Gasteiger partial charge < -0.3 is 10.2 Å². The smallest absolute Gasteiger partial charge is 0.383 e. The lowest BCUT2D eigenvalue weighted by Gasteiger charge is -2.35. The molecule has 0 saturated carbocycles. The summed E-state index contributed by atoms with van der Waals surface area (Å²) in [5.74, 6) is -10.1. The van der Waals surface area contributed by atoms with Crippen LogP contribution in [0.1, 0.15) is 53.4 Å². The molecule has 160 valence electrons. The van der Waals surface area contributed by atoms with Gasteiger partial charge in [0.05, 0.1) is 0 Å². The molecule has 2 nitrogen and oxygen atoms in total. The topological polar surface area (TPSA) is 40.5 Å². The Hall–Kier alpha value is -0.780. The van der Waals surface area contributed by atoms with E-state index >= 15 is 0 Å². The van der Waals surface area contributed by atoms with Crippen LogP contribution < -0.4 is 0 Å². The van der Waals surface area contributed by atoms with E-state index < -0.39 is 61.1 Å². The number of hydrogen-bond acceptors (Lipinski definition) is 2. The predicted molar refractivity (Wildman–Crippen MR) is 73.1 cm³/mol. The van der Waals surface area contributed by atoms with Crippen LogP contribution in [0.5, 0.6) is 0 Å². The second-order valence-corrected chi connectivity index (χ2v) is 5.62. The van der Waals surface area contributed by atoms with Gasteiger partial charge in [0.25, 0.3) is 0 Å². The maximum atomic E-state index is 12.6. The molecule has 0 aromatic heterocycles. The predicted octanol–water partition coefficient (Wildman–Crippen LogP) is 5.47. The van der Waals surface area contributed by atoms with Gasteiger partial charge in [0, 0.05) is 0 Å². The Balaban J connectivity index is 0. The Morgan fingerprint density at radius 3 is 0.654 bits per heavy atom. The first-order chi connectivity index (χ1) is 11.2. The molecule has 0 saturated heterocycles. The Bertz CT molecular complexity index is 380. The number of aliphatic hydroxyl groups is 2. The van der Waals surface area contributed by atoms with E-state index in [1.54, 1.807) is 0 Å². The number of hydrogen-bond donors (Lipinski definition) is 2. The van der Waals surface area contributed by atoms with Gasteiger partial charge in [-0.05, 0) is 25.7 Å². The molecule has 2 N–H and O–H groups in total. The van der Waals surface area contributed by atoms with Crippen molar-refractivity contribution in [2.24, 2.45) is 0 Å². The molecular weight excluding hydrogens is 390 g/mol. The van der Waals surface area contributed by atoms with E-state index in [2.05, 4.69) is 0 Å². The quantitative estimate of drug-likeness (QED) is 0.568. The third-order valence-corrected chi connectivity index (χ3v) is 4.22. The van der Waals surface area contributed by atoms with E-state index in [1.807, 2.05) is 0 Å². The first-order valence-electron chi connectivity index (χ1n) is 7.58. The van der Waals surface area contributed by atoms with Gasteiger partial charge in [-0.2, -0.15) is 43.9 Å². The van der Waals surface area contributed by atoms with E-state index in [1.165, 1.54) is 0 Å². The average molecular weight is 412 g/mol. The fraction of sp³-hybridized carbons (Fsp3) is 1.00. The highest BCUT2D eigenvalue weighted by atomic mass is 19.4. The molecule has 0 aliphatic heterocycles. The molecule has 0 bridgehead atoms. The van der Waals surface area contributed by atoms with Crippen molar-refractivity contribution < 1.29 is 54.1 Å². The summed E-state index contributed by atoms with van der Waals surface area (Å²) in [6, 6.07) is 0. The molecule has 0 aromatic rings. The lowest BCUT2D eigenvalue weighted by molar-refractivity contribution is -0.343.